The number of methoxy groups -OCH3 is 1. The molecule has 20 heavy (non-hydrogen) atoms. The number of nitrogens with one attached hydrogen (secondary N) is 1. The van der Waals surface area contributed by atoms with Crippen molar-refractivity contribution < 1.29 is 19.0 Å². The van der Waals surface area contributed by atoms with Crippen LogP contribution in [-0.2, 0) is 9.53 Å². The molecule has 1 amide bonds. The second kappa shape index (κ2) is 9.20. The van der Waals surface area contributed by atoms with Crippen LogP contribution in [0.25, 0.3) is 0 Å². The van der Waals surface area contributed by atoms with Crippen molar-refractivity contribution in [3.8, 4) is 11.5 Å². The van der Waals surface area contributed by atoms with Gasteiger partial charge in [-0.2, -0.15) is 0 Å². The van der Waals surface area contributed by atoms with Crippen LogP contribution in [-0.4, -0.2) is 38.9 Å². The Balaban J connectivity index is 2.29. The first kappa shape index (κ1) is 16.3. The molecule has 0 bridgehead atoms. The van der Waals surface area contributed by atoms with Crippen LogP contribution >= 0.6 is 0 Å². The minimum absolute atomic E-state index is 0.127. The van der Waals surface area contributed by atoms with Crippen molar-refractivity contribution in [3.63, 3.8) is 0 Å². The smallest absolute Gasteiger partial charge is 0.260 e. The number of benzene rings is 1. The van der Waals surface area contributed by atoms with Crippen LogP contribution in [0.15, 0.2) is 24.3 Å². The van der Waals surface area contributed by atoms with Crippen LogP contribution in [0.1, 0.15) is 20.3 Å². The SMILES string of the molecule is CCOCCCNC(=O)[C@H](C)Oc1ccc(OC)cc1. The molecule has 0 aliphatic heterocycles. The van der Waals surface area contributed by atoms with Crippen LogP contribution in [0.3, 0.4) is 0 Å². The Kier molecular flexibility index (Phi) is 7.50. The number of hydrogen-bond donors (Lipinski definition) is 1. The minimum Gasteiger partial charge on any atom is -0.497 e. The van der Waals surface area contributed by atoms with E-state index in [-0.39, 0.29) is 5.91 Å². The van der Waals surface area contributed by atoms with E-state index in [4.69, 9.17) is 14.2 Å². The molecule has 1 N–H and O–H groups in total. The highest BCUT2D eigenvalue weighted by Crippen LogP contribution is 2.18. The predicted molar refractivity (Wildman–Crippen MR) is 77.2 cm³/mol. The van der Waals surface area contributed by atoms with E-state index in [0.29, 0.717) is 25.5 Å². The van der Waals surface area contributed by atoms with Crippen molar-refractivity contribution in [3.05, 3.63) is 24.3 Å². The molecular formula is C15H23NO4. The molecule has 1 rings (SSSR count). The average Bonchev–Trinajstić information content (AvgIpc) is 2.47. The fourth-order valence-electron chi connectivity index (χ4n) is 1.59. The number of amides is 1. The molecule has 0 heterocycles. The first-order valence-corrected chi connectivity index (χ1v) is 6.83. The number of carbonyl (C=O) groups is 1. The summed E-state index contributed by atoms with van der Waals surface area (Å²) in [6.07, 6.45) is 0.268. The highest BCUT2D eigenvalue weighted by atomic mass is 16.5. The van der Waals surface area contributed by atoms with Gasteiger partial charge in [0, 0.05) is 19.8 Å². The third-order valence-electron chi connectivity index (χ3n) is 2.71. The molecule has 0 unspecified atom stereocenters. The van der Waals surface area contributed by atoms with Crippen molar-refractivity contribution in [2.24, 2.45) is 0 Å². The Morgan fingerprint density at radius 2 is 1.90 bits per heavy atom. The maximum atomic E-state index is 11.8. The monoisotopic (exact) mass is 281 g/mol. The van der Waals surface area contributed by atoms with Gasteiger partial charge in [0.2, 0.25) is 0 Å². The molecule has 0 spiro atoms. The van der Waals surface area contributed by atoms with E-state index in [1.807, 2.05) is 6.92 Å². The summed E-state index contributed by atoms with van der Waals surface area (Å²) in [7, 11) is 1.61. The number of ether oxygens (including phenoxy) is 3. The zero-order valence-corrected chi connectivity index (χ0v) is 12.3. The number of carbonyl (C=O) groups excluding carboxylic acids is 1. The molecule has 0 aromatic heterocycles. The average molecular weight is 281 g/mol. The van der Waals surface area contributed by atoms with Gasteiger partial charge in [0.1, 0.15) is 11.5 Å². The van der Waals surface area contributed by atoms with E-state index < -0.39 is 6.10 Å². The first-order valence-electron chi connectivity index (χ1n) is 6.83. The third-order valence-corrected chi connectivity index (χ3v) is 2.71. The fraction of sp³-hybridized carbons (Fsp3) is 0.533. The molecule has 1 aromatic rings. The molecule has 1 aromatic carbocycles. The molecule has 0 aliphatic rings. The van der Waals surface area contributed by atoms with Gasteiger partial charge in [0.25, 0.3) is 5.91 Å². The Hall–Kier alpha value is -1.75. The summed E-state index contributed by atoms with van der Waals surface area (Å²) in [5.41, 5.74) is 0. The molecule has 0 saturated carbocycles. The lowest BCUT2D eigenvalue weighted by Gasteiger charge is -2.15. The Morgan fingerprint density at radius 1 is 1.25 bits per heavy atom. The standard InChI is InChI=1S/C15H23NO4/c1-4-19-11-5-10-16-15(17)12(2)20-14-8-6-13(18-3)7-9-14/h6-9,12H,4-5,10-11H2,1-3H3,(H,16,17)/t12-/m0/s1. The Bertz CT molecular complexity index is 391. The van der Waals surface area contributed by atoms with E-state index >= 15 is 0 Å². The second-order valence-electron chi connectivity index (χ2n) is 4.28. The van der Waals surface area contributed by atoms with Gasteiger partial charge in [0.05, 0.1) is 7.11 Å². The molecule has 1 atom stereocenters. The lowest BCUT2D eigenvalue weighted by Crippen LogP contribution is -2.37. The van der Waals surface area contributed by atoms with Gasteiger partial charge in [-0.3, -0.25) is 4.79 Å². The van der Waals surface area contributed by atoms with Crippen LogP contribution in [0, 0.1) is 0 Å². The molecule has 5 nitrogen and oxygen atoms in total. The van der Waals surface area contributed by atoms with E-state index in [9.17, 15) is 4.79 Å². The normalized spacial score (nSPS) is 11.8. The van der Waals surface area contributed by atoms with Crippen molar-refractivity contribution in [2.45, 2.75) is 26.4 Å². The summed E-state index contributed by atoms with van der Waals surface area (Å²) < 4.78 is 15.8. The summed E-state index contributed by atoms with van der Waals surface area (Å²) in [6, 6.07) is 7.14. The van der Waals surface area contributed by atoms with Gasteiger partial charge in [0.15, 0.2) is 6.10 Å². The summed E-state index contributed by atoms with van der Waals surface area (Å²) in [6.45, 7) is 5.62. The van der Waals surface area contributed by atoms with E-state index in [2.05, 4.69) is 5.32 Å². The third kappa shape index (κ3) is 5.93. The van der Waals surface area contributed by atoms with Crippen LogP contribution in [0.4, 0.5) is 0 Å². The second-order valence-corrected chi connectivity index (χ2v) is 4.28. The van der Waals surface area contributed by atoms with Crippen molar-refractivity contribution in [2.75, 3.05) is 26.9 Å². The van der Waals surface area contributed by atoms with Crippen LogP contribution < -0.4 is 14.8 Å². The number of rotatable bonds is 9. The van der Waals surface area contributed by atoms with Crippen LogP contribution in [0.2, 0.25) is 0 Å². The lowest BCUT2D eigenvalue weighted by atomic mass is 10.3. The fourth-order valence-corrected chi connectivity index (χ4v) is 1.59. The Labute approximate surface area is 120 Å². The van der Waals surface area contributed by atoms with Crippen molar-refractivity contribution >= 4 is 5.91 Å². The van der Waals surface area contributed by atoms with E-state index in [0.717, 1.165) is 12.2 Å². The zero-order chi connectivity index (χ0) is 14.8. The maximum Gasteiger partial charge on any atom is 0.260 e. The van der Waals surface area contributed by atoms with Gasteiger partial charge in [-0.1, -0.05) is 0 Å². The summed E-state index contributed by atoms with van der Waals surface area (Å²) in [5, 5.41) is 2.82. The summed E-state index contributed by atoms with van der Waals surface area (Å²) in [4.78, 5) is 11.8. The van der Waals surface area contributed by atoms with Crippen molar-refractivity contribution in [1.29, 1.82) is 0 Å². The van der Waals surface area contributed by atoms with Crippen LogP contribution in [0.5, 0.6) is 11.5 Å². The largest absolute Gasteiger partial charge is 0.497 e. The molecular weight excluding hydrogens is 258 g/mol. The highest BCUT2D eigenvalue weighted by molar-refractivity contribution is 5.80. The molecule has 0 aliphatic carbocycles. The predicted octanol–water partition coefficient (Wildman–Crippen LogP) is 2.01. The minimum atomic E-state index is -0.532. The van der Waals surface area contributed by atoms with Gasteiger partial charge < -0.3 is 19.5 Å². The molecule has 5 heteroatoms. The summed E-state index contributed by atoms with van der Waals surface area (Å²) >= 11 is 0. The zero-order valence-electron chi connectivity index (χ0n) is 12.3. The summed E-state index contributed by atoms with van der Waals surface area (Å²) in [5.74, 6) is 1.27. The van der Waals surface area contributed by atoms with Gasteiger partial charge in [-0.05, 0) is 44.5 Å². The molecule has 0 radical (unpaired) electrons. The van der Waals surface area contributed by atoms with Gasteiger partial charge in [-0.25, -0.2) is 0 Å². The van der Waals surface area contributed by atoms with Gasteiger partial charge >= 0.3 is 0 Å². The van der Waals surface area contributed by atoms with E-state index in [1.165, 1.54) is 0 Å². The Morgan fingerprint density at radius 3 is 2.50 bits per heavy atom. The highest BCUT2D eigenvalue weighted by Gasteiger charge is 2.13. The topological polar surface area (TPSA) is 56.8 Å². The quantitative estimate of drug-likeness (QED) is 0.703. The molecule has 0 fully saturated rings. The first-order chi connectivity index (χ1) is 9.67. The maximum absolute atomic E-state index is 11.8. The molecule has 112 valence electrons. The lowest BCUT2D eigenvalue weighted by molar-refractivity contribution is -0.127. The van der Waals surface area contributed by atoms with E-state index in [1.54, 1.807) is 38.3 Å². The molecule has 0 saturated heterocycles. The number of hydrogen-bond acceptors (Lipinski definition) is 4. The van der Waals surface area contributed by atoms with Crippen molar-refractivity contribution in [1.82, 2.24) is 5.32 Å². The van der Waals surface area contributed by atoms with Gasteiger partial charge in [-0.15, -0.1) is 0 Å².